The van der Waals surface area contributed by atoms with Gasteiger partial charge in [-0.15, -0.1) is 10.2 Å². The van der Waals surface area contributed by atoms with Gasteiger partial charge in [-0.3, -0.25) is 4.84 Å². The van der Waals surface area contributed by atoms with Crippen molar-refractivity contribution >= 4 is 6.03 Å². The number of fused-ring (bicyclic) bond motifs is 3. The third-order valence-electron chi connectivity index (χ3n) is 7.12. The van der Waals surface area contributed by atoms with E-state index in [2.05, 4.69) is 17.1 Å². The van der Waals surface area contributed by atoms with Crippen LogP contribution in [0.15, 0.2) is 34.7 Å². The Bertz CT molecular complexity index is 919. The van der Waals surface area contributed by atoms with Crippen molar-refractivity contribution in [2.45, 2.75) is 63.1 Å². The number of piperidine rings is 1. The number of carbonyl (C=O) groups excluding carboxylic acids is 1. The molecular formula is C21H24N4O3. The first-order valence-electron chi connectivity index (χ1n) is 10.2. The summed E-state index contributed by atoms with van der Waals surface area (Å²) in [6.45, 7) is 3.23. The Morgan fingerprint density at radius 3 is 2.68 bits per heavy atom. The molecule has 146 valence electrons. The maximum atomic E-state index is 13.2. The van der Waals surface area contributed by atoms with E-state index in [0.717, 1.165) is 43.6 Å². The molecule has 4 aliphatic rings. The van der Waals surface area contributed by atoms with Crippen LogP contribution in [0, 0.1) is 5.41 Å². The third-order valence-corrected chi connectivity index (χ3v) is 7.12. The van der Waals surface area contributed by atoms with Crippen molar-refractivity contribution in [1.82, 2.24) is 20.2 Å². The van der Waals surface area contributed by atoms with E-state index in [0.29, 0.717) is 19.0 Å². The van der Waals surface area contributed by atoms with Gasteiger partial charge in [-0.2, -0.15) is 5.06 Å². The minimum Gasteiger partial charge on any atom is -0.422 e. The van der Waals surface area contributed by atoms with Crippen LogP contribution < -0.4 is 0 Å². The largest absolute Gasteiger partial charge is 0.422 e. The number of nitrogens with zero attached hydrogens (tertiary/aromatic N) is 4. The lowest BCUT2D eigenvalue weighted by molar-refractivity contribution is -0.153. The first kappa shape index (κ1) is 16.5. The summed E-state index contributed by atoms with van der Waals surface area (Å²) < 4.78 is 6.06. The van der Waals surface area contributed by atoms with Gasteiger partial charge in [0, 0.05) is 12.0 Å². The molecule has 7 heteroatoms. The highest BCUT2D eigenvalue weighted by molar-refractivity contribution is 5.77. The molecule has 0 N–H and O–H groups in total. The van der Waals surface area contributed by atoms with Crippen LogP contribution >= 0.6 is 0 Å². The zero-order chi connectivity index (χ0) is 18.9. The Labute approximate surface area is 163 Å². The predicted molar refractivity (Wildman–Crippen MR) is 98.9 cm³/mol. The number of hydrogen-bond acceptors (Lipinski definition) is 5. The summed E-state index contributed by atoms with van der Waals surface area (Å²) in [5, 5.41) is 10.3. The van der Waals surface area contributed by atoms with E-state index < -0.39 is 0 Å². The monoisotopic (exact) mass is 380 g/mol. The number of hydroxylamine groups is 2. The number of urea groups is 1. The van der Waals surface area contributed by atoms with Crippen LogP contribution in [-0.4, -0.2) is 38.8 Å². The van der Waals surface area contributed by atoms with Crippen molar-refractivity contribution in [2.75, 3.05) is 6.54 Å². The fraction of sp³-hybridized carbons (Fsp3) is 0.571. The van der Waals surface area contributed by atoms with Crippen molar-refractivity contribution in [3.8, 4) is 0 Å². The Hall–Kier alpha value is -2.41. The van der Waals surface area contributed by atoms with Gasteiger partial charge >= 0.3 is 6.03 Å². The number of carbonyl (C=O) groups is 1. The van der Waals surface area contributed by atoms with Gasteiger partial charge in [-0.1, -0.05) is 37.3 Å². The van der Waals surface area contributed by atoms with E-state index >= 15 is 0 Å². The average molecular weight is 380 g/mol. The smallest absolute Gasteiger partial charge is 0.345 e. The van der Waals surface area contributed by atoms with Gasteiger partial charge in [-0.25, -0.2) is 4.79 Å². The van der Waals surface area contributed by atoms with Crippen molar-refractivity contribution in [2.24, 2.45) is 5.41 Å². The molecule has 2 atom stereocenters. The van der Waals surface area contributed by atoms with Crippen LogP contribution in [0.5, 0.6) is 0 Å². The highest BCUT2D eigenvalue weighted by atomic mass is 16.7. The number of aromatic nitrogens is 2. The molecular weight excluding hydrogens is 356 g/mol. The molecule has 2 bridgehead atoms. The van der Waals surface area contributed by atoms with Gasteiger partial charge in [0.25, 0.3) is 0 Å². The van der Waals surface area contributed by atoms with Crippen LogP contribution in [0.25, 0.3) is 0 Å². The molecule has 2 saturated carbocycles. The molecule has 2 aliphatic carbocycles. The molecule has 0 unspecified atom stereocenters. The molecule has 28 heavy (non-hydrogen) atoms. The summed E-state index contributed by atoms with van der Waals surface area (Å²) in [5.74, 6) is 1.31. The van der Waals surface area contributed by atoms with Crippen molar-refractivity contribution in [3.63, 3.8) is 0 Å². The highest BCUT2D eigenvalue weighted by Gasteiger charge is 2.64. The standard InChI is InChI=1S/C21H24N4O3/c1-20(7-8-20)18-23-22-17(28-18)15-11-21(9-10-21)16-12-24(15)19(26)25(16)27-13-14-5-3-2-4-6-14/h2-6,15-16H,7-13H2,1H3/t15-,16-/m0/s1. The summed E-state index contributed by atoms with van der Waals surface area (Å²) in [6.07, 6.45) is 5.31. The molecule has 2 aromatic rings. The summed E-state index contributed by atoms with van der Waals surface area (Å²) in [6, 6.07) is 9.88. The zero-order valence-electron chi connectivity index (χ0n) is 16.0. The van der Waals surface area contributed by atoms with Crippen LogP contribution in [0.2, 0.25) is 0 Å². The third kappa shape index (κ3) is 2.42. The Morgan fingerprint density at radius 2 is 1.96 bits per heavy atom. The normalized spacial score (nSPS) is 28.8. The number of hydrogen-bond donors (Lipinski definition) is 0. The van der Waals surface area contributed by atoms with Crippen LogP contribution in [0.3, 0.4) is 0 Å². The van der Waals surface area contributed by atoms with Crippen molar-refractivity contribution in [1.29, 1.82) is 0 Å². The fourth-order valence-corrected chi connectivity index (χ4v) is 4.73. The Kier molecular flexibility index (Phi) is 3.29. The van der Waals surface area contributed by atoms with E-state index in [1.54, 1.807) is 5.06 Å². The summed E-state index contributed by atoms with van der Waals surface area (Å²) >= 11 is 0. The van der Waals surface area contributed by atoms with E-state index in [1.807, 2.05) is 35.2 Å². The summed E-state index contributed by atoms with van der Waals surface area (Å²) in [4.78, 5) is 21.0. The summed E-state index contributed by atoms with van der Waals surface area (Å²) in [5.41, 5.74) is 1.23. The number of amides is 2. The zero-order valence-corrected chi connectivity index (χ0v) is 16.0. The molecule has 6 rings (SSSR count). The first-order valence-corrected chi connectivity index (χ1v) is 10.2. The van der Waals surface area contributed by atoms with Crippen molar-refractivity contribution in [3.05, 3.63) is 47.7 Å². The van der Waals surface area contributed by atoms with E-state index in [-0.39, 0.29) is 28.9 Å². The Balaban J connectivity index is 1.25. The molecule has 2 amide bonds. The number of rotatable bonds is 5. The maximum Gasteiger partial charge on any atom is 0.345 e. The molecule has 0 radical (unpaired) electrons. The van der Waals surface area contributed by atoms with Crippen LogP contribution in [0.4, 0.5) is 4.79 Å². The quantitative estimate of drug-likeness (QED) is 0.793. The van der Waals surface area contributed by atoms with Gasteiger partial charge in [-0.05, 0) is 43.1 Å². The fourth-order valence-electron chi connectivity index (χ4n) is 4.73. The second-order valence-electron chi connectivity index (χ2n) is 9.12. The highest BCUT2D eigenvalue weighted by Crippen LogP contribution is 2.62. The molecule has 1 spiro atoms. The summed E-state index contributed by atoms with van der Waals surface area (Å²) in [7, 11) is 0. The molecule has 1 aromatic heterocycles. The second kappa shape index (κ2) is 5.56. The predicted octanol–water partition coefficient (Wildman–Crippen LogP) is 3.58. The molecule has 2 saturated heterocycles. The molecule has 2 aliphatic heterocycles. The van der Waals surface area contributed by atoms with Gasteiger partial charge in [0.1, 0.15) is 12.6 Å². The van der Waals surface area contributed by atoms with Crippen LogP contribution in [-0.2, 0) is 16.9 Å². The lowest BCUT2D eigenvalue weighted by Gasteiger charge is -2.35. The van der Waals surface area contributed by atoms with Crippen LogP contribution in [0.1, 0.15) is 62.4 Å². The first-order chi connectivity index (χ1) is 13.6. The number of benzene rings is 1. The molecule has 1 aromatic carbocycles. The molecule has 4 fully saturated rings. The van der Waals surface area contributed by atoms with Crippen molar-refractivity contribution < 1.29 is 14.0 Å². The van der Waals surface area contributed by atoms with Gasteiger partial charge < -0.3 is 9.32 Å². The van der Waals surface area contributed by atoms with E-state index in [1.165, 1.54) is 0 Å². The molecule has 3 heterocycles. The topological polar surface area (TPSA) is 71.7 Å². The Morgan fingerprint density at radius 1 is 1.18 bits per heavy atom. The van der Waals surface area contributed by atoms with Gasteiger partial charge in [0.15, 0.2) is 0 Å². The molecule has 7 nitrogen and oxygen atoms in total. The van der Waals surface area contributed by atoms with Gasteiger partial charge in [0.2, 0.25) is 11.8 Å². The lowest BCUT2D eigenvalue weighted by atomic mass is 9.85. The van der Waals surface area contributed by atoms with Gasteiger partial charge in [0.05, 0.1) is 6.04 Å². The SMILES string of the molecule is CC1(c2nnc([C@@H]3CC4(CC4)[C@@H]4CN3C(=O)N4OCc3ccccc3)o2)CC1. The average Bonchev–Trinajstić information content (AvgIpc) is 3.57. The minimum absolute atomic E-state index is 0.0412. The maximum absolute atomic E-state index is 13.2. The second-order valence-corrected chi connectivity index (χ2v) is 9.12. The van der Waals surface area contributed by atoms with E-state index in [9.17, 15) is 4.79 Å². The lowest BCUT2D eigenvalue weighted by Crippen LogP contribution is -2.42. The van der Waals surface area contributed by atoms with E-state index in [4.69, 9.17) is 9.25 Å². The minimum atomic E-state index is -0.139.